The van der Waals surface area contributed by atoms with Crippen LogP contribution in [0.5, 0.6) is 0 Å². The zero-order valence-electron chi connectivity index (χ0n) is 16.5. The molecule has 0 unspecified atom stereocenters. The third kappa shape index (κ3) is 19.3. The quantitative estimate of drug-likeness (QED) is 0.148. The number of hydrogen-bond acceptors (Lipinski definition) is 2. The first-order valence-electron chi connectivity index (χ1n) is 10.6. The van der Waals surface area contributed by atoms with Crippen LogP contribution in [0.15, 0.2) is 12.2 Å². The van der Waals surface area contributed by atoms with Gasteiger partial charge in [-0.25, -0.2) is 0 Å². The van der Waals surface area contributed by atoms with E-state index in [2.05, 4.69) is 26.0 Å². The summed E-state index contributed by atoms with van der Waals surface area (Å²) in [4.78, 5) is 11.4. The highest BCUT2D eigenvalue weighted by Gasteiger charge is 2.00. The Hall–Kier alpha value is -0.790. The van der Waals surface area contributed by atoms with Crippen molar-refractivity contribution in [1.29, 1.82) is 0 Å². The van der Waals surface area contributed by atoms with E-state index in [0.29, 0.717) is 13.0 Å². The molecule has 0 aliphatic heterocycles. The molecule has 0 saturated heterocycles. The van der Waals surface area contributed by atoms with E-state index in [0.717, 1.165) is 32.1 Å². The summed E-state index contributed by atoms with van der Waals surface area (Å²) < 4.78 is 5.14. The topological polar surface area (TPSA) is 26.3 Å². The minimum atomic E-state index is -0.0258. The predicted octanol–water partition coefficient (Wildman–Crippen LogP) is 7.37. The van der Waals surface area contributed by atoms with E-state index in [9.17, 15) is 4.79 Å². The van der Waals surface area contributed by atoms with Crippen molar-refractivity contribution >= 4 is 5.97 Å². The van der Waals surface area contributed by atoms with Gasteiger partial charge < -0.3 is 4.74 Å². The highest BCUT2D eigenvalue weighted by molar-refractivity contribution is 5.69. The van der Waals surface area contributed by atoms with E-state index < -0.39 is 0 Å². The van der Waals surface area contributed by atoms with Crippen LogP contribution in [0.3, 0.4) is 0 Å². The summed E-state index contributed by atoms with van der Waals surface area (Å²) in [6, 6.07) is 0. The maximum atomic E-state index is 11.4. The third-order valence-electron chi connectivity index (χ3n) is 4.40. The van der Waals surface area contributed by atoms with E-state index in [1.165, 1.54) is 64.2 Å². The van der Waals surface area contributed by atoms with Crippen molar-refractivity contribution in [3.8, 4) is 0 Å². The van der Waals surface area contributed by atoms with Crippen molar-refractivity contribution in [3.63, 3.8) is 0 Å². The lowest BCUT2D eigenvalue weighted by Gasteiger charge is -2.02. The van der Waals surface area contributed by atoms with E-state index in [1.54, 1.807) is 0 Å². The first-order chi connectivity index (χ1) is 11.8. The Kier molecular flexibility index (Phi) is 19.6. The number of carbonyl (C=O) groups is 1. The third-order valence-corrected chi connectivity index (χ3v) is 4.40. The molecule has 2 heteroatoms. The summed E-state index contributed by atoms with van der Waals surface area (Å²) in [5, 5.41) is 0. The number of rotatable bonds is 18. The van der Waals surface area contributed by atoms with Gasteiger partial charge >= 0.3 is 5.97 Å². The molecule has 0 spiro atoms. The highest BCUT2D eigenvalue weighted by Crippen LogP contribution is 2.11. The van der Waals surface area contributed by atoms with Gasteiger partial charge in [0.05, 0.1) is 6.61 Å². The Morgan fingerprint density at radius 3 is 1.75 bits per heavy atom. The molecule has 0 atom stereocenters. The number of unbranched alkanes of at least 4 members (excludes halogenated alkanes) is 12. The van der Waals surface area contributed by atoms with Crippen LogP contribution >= 0.6 is 0 Å². The fraction of sp³-hybridized carbons (Fsp3) is 0.864. The average molecular weight is 339 g/mol. The van der Waals surface area contributed by atoms with Crippen molar-refractivity contribution in [1.82, 2.24) is 0 Å². The van der Waals surface area contributed by atoms with Gasteiger partial charge in [0, 0.05) is 6.42 Å². The average Bonchev–Trinajstić information content (AvgIpc) is 2.58. The molecule has 0 heterocycles. The monoisotopic (exact) mass is 338 g/mol. The lowest BCUT2D eigenvalue weighted by Crippen LogP contribution is -2.05. The summed E-state index contributed by atoms with van der Waals surface area (Å²) >= 11 is 0. The SMILES string of the molecule is CCCCCCCCCCC/C=C/CCCCC(=O)OCCCC. The van der Waals surface area contributed by atoms with Gasteiger partial charge in [-0.05, 0) is 38.5 Å². The molecular weight excluding hydrogens is 296 g/mol. The van der Waals surface area contributed by atoms with Crippen molar-refractivity contribution in [2.24, 2.45) is 0 Å². The lowest BCUT2D eigenvalue weighted by atomic mass is 10.1. The molecule has 0 N–H and O–H groups in total. The van der Waals surface area contributed by atoms with Crippen molar-refractivity contribution in [2.45, 2.75) is 117 Å². The van der Waals surface area contributed by atoms with Crippen LogP contribution in [0.2, 0.25) is 0 Å². The molecule has 0 aromatic heterocycles. The van der Waals surface area contributed by atoms with Crippen LogP contribution < -0.4 is 0 Å². The summed E-state index contributed by atoms with van der Waals surface area (Å²) in [5.74, 6) is -0.0258. The number of ether oxygens (including phenoxy) is 1. The number of carbonyl (C=O) groups excluding carboxylic acids is 1. The molecule has 0 bridgehead atoms. The predicted molar refractivity (Wildman–Crippen MR) is 105 cm³/mol. The standard InChI is InChI=1S/C22H42O2/c1-3-5-7-8-9-10-11-12-13-14-15-16-17-18-19-20-22(23)24-21-6-4-2/h15-16H,3-14,17-21H2,1-2H3/b16-15+. The molecule has 0 rings (SSSR count). The van der Waals surface area contributed by atoms with Gasteiger partial charge in [-0.15, -0.1) is 0 Å². The molecule has 24 heavy (non-hydrogen) atoms. The zero-order valence-corrected chi connectivity index (χ0v) is 16.5. The van der Waals surface area contributed by atoms with E-state index in [4.69, 9.17) is 4.74 Å². The fourth-order valence-electron chi connectivity index (χ4n) is 2.74. The Morgan fingerprint density at radius 2 is 1.17 bits per heavy atom. The second-order valence-electron chi connectivity index (χ2n) is 6.91. The Bertz CT molecular complexity index is 284. The Labute approximate surface area is 151 Å². The minimum absolute atomic E-state index is 0.0258. The Morgan fingerprint density at radius 1 is 0.667 bits per heavy atom. The molecule has 0 aliphatic carbocycles. The van der Waals surface area contributed by atoms with Crippen LogP contribution in [0.1, 0.15) is 117 Å². The summed E-state index contributed by atoms with van der Waals surface area (Å²) in [5.41, 5.74) is 0. The molecule has 0 aliphatic rings. The van der Waals surface area contributed by atoms with Crippen LogP contribution in [-0.2, 0) is 9.53 Å². The van der Waals surface area contributed by atoms with Gasteiger partial charge in [0.25, 0.3) is 0 Å². The number of allylic oxidation sites excluding steroid dienone is 2. The number of esters is 1. The van der Waals surface area contributed by atoms with Gasteiger partial charge in [-0.2, -0.15) is 0 Å². The molecule has 0 amide bonds. The van der Waals surface area contributed by atoms with Gasteiger partial charge in [0.2, 0.25) is 0 Å². The molecule has 0 aromatic carbocycles. The lowest BCUT2D eigenvalue weighted by molar-refractivity contribution is -0.143. The fourth-order valence-corrected chi connectivity index (χ4v) is 2.74. The summed E-state index contributed by atoms with van der Waals surface area (Å²) in [7, 11) is 0. The van der Waals surface area contributed by atoms with E-state index in [-0.39, 0.29) is 5.97 Å². The molecule has 2 nitrogen and oxygen atoms in total. The maximum Gasteiger partial charge on any atom is 0.305 e. The van der Waals surface area contributed by atoms with Crippen molar-refractivity contribution in [2.75, 3.05) is 6.61 Å². The second kappa shape index (κ2) is 20.3. The first kappa shape index (κ1) is 23.2. The maximum absolute atomic E-state index is 11.4. The van der Waals surface area contributed by atoms with Crippen LogP contribution in [-0.4, -0.2) is 12.6 Å². The normalized spacial score (nSPS) is 11.2. The summed E-state index contributed by atoms with van der Waals surface area (Å²) in [6.45, 7) is 4.97. The molecule has 142 valence electrons. The Balaban J connectivity index is 3.17. The molecule has 0 aromatic rings. The van der Waals surface area contributed by atoms with Crippen LogP contribution in [0.4, 0.5) is 0 Å². The van der Waals surface area contributed by atoms with E-state index in [1.807, 2.05) is 0 Å². The smallest absolute Gasteiger partial charge is 0.305 e. The minimum Gasteiger partial charge on any atom is -0.466 e. The van der Waals surface area contributed by atoms with Gasteiger partial charge in [-0.1, -0.05) is 83.8 Å². The second-order valence-corrected chi connectivity index (χ2v) is 6.91. The van der Waals surface area contributed by atoms with Gasteiger partial charge in [0.1, 0.15) is 0 Å². The van der Waals surface area contributed by atoms with Crippen molar-refractivity contribution < 1.29 is 9.53 Å². The van der Waals surface area contributed by atoms with E-state index >= 15 is 0 Å². The zero-order chi connectivity index (χ0) is 17.7. The highest BCUT2D eigenvalue weighted by atomic mass is 16.5. The van der Waals surface area contributed by atoms with Crippen LogP contribution in [0, 0.1) is 0 Å². The molecule has 0 radical (unpaired) electrons. The molecule has 0 saturated carbocycles. The largest absolute Gasteiger partial charge is 0.466 e. The first-order valence-corrected chi connectivity index (χ1v) is 10.6. The van der Waals surface area contributed by atoms with Crippen molar-refractivity contribution in [3.05, 3.63) is 12.2 Å². The van der Waals surface area contributed by atoms with Crippen LogP contribution in [0.25, 0.3) is 0 Å². The summed E-state index contributed by atoms with van der Waals surface area (Å²) in [6.07, 6.45) is 24.2. The van der Waals surface area contributed by atoms with Gasteiger partial charge in [0.15, 0.2) is 0 Å². The van der Waals surface area contributed by atoms with Gasteiger partial charge in [-0.3, -0.25) is 4.79 Å². The number of hydrogen-bond donors (Lipinski definition) is 0. The molecular formula is C22H42O2. The molecule has 0 fully saturated rings.